The van der Waals surface area contributed by atoms with Crippen molar-refractivity contribution in [3.05, 3.63) is 58.9 Å². The predicted octanol–water partition coefficient (Wildman–Crippen LogP) is 2.91. The first-order chi connectivity index (χ1) is 7.25. The van der Waals surface area contributed by atoms with E-state index in [2.05, 4.69) is 4.98 Å². The molecule has 0 unspecified atom stereocenters. The summed E-state index contributed by atoms with van der Waals surface area (Å²) in [6, 6.07) is 9.56. The van der Waals surface area contributed by atoms with Crippen LogP contribution in [-0.4, -0.2) is 4.98 Å². The lowest BCUT2D eigenvalue weighted by Crippen LogP contribution is -1.96. The maximum atomic E-state index is 5.90. The van der Waals surface area contributed by atoms with Gasteiger partial charge in [-0.15, -0.1) is 0 Å². The molecule has 2 aromatic rings. The number of nitrogens with zero attached hydrogens (tertiary/aromatic N) is 1. The predicted molar refractivity (Wildman–Crippen MR) is 62.9 cm³/mol. The van der Waals surface area contributed by atoms with Crippen molar-refractivity contribution in [1.29, 1.82) is 0 Å². The van der Waals surface area contributed by atoms with Gasteiger partial charge in [-0.05, 0) is 29.3 Å². The van der Waals surface area contributed by atoms with Gasteiger partial charge in [0.2, 0.25) is 0 Å². The van der Waals surface area contributed by atoms with Crippen molar-refractivity contribution < 1.29 is 0 Å². The van der Waals surface area contributed by atoms with Gasteiger partial charge in [-0.25, -0.2) is 0 Å². The summed E-state index contributed by atoms with van der Waals surface area (Å²) in [5.74, 6) is 0. The molecule has 0 saturated heterocycles. The third-order valence-electron chi connectivity index (χ3n) is 2.22. The molecule has 1 heterocycles. The molecule has 0 aliphatic carbocycles. The van der Waals surface area contributed by atoms with Gasteiger partial charge in [0.05, 0.1) is 0 Å². The molecule has 15 heavy (non-hydrogen) atoms. The van der Waals surface area contributed by atoms with Gasteiger partial charge in [0.1, 0.15) is 0 Å². The lowest BCUT2D eigenvalue weighted by molar-refractivity contribution is 1.15. The Labute approximate surface area is 93.7 Å². The minimum Gasteiger partial charge on any atom is -0.398 e. The molecule has 0 radical (unpaired) electrons. The third-order valence-corrected chi connectivity index (χ3v) is 2.46. The van der Waals surface area contributed by atoms with Crippen LogP contribution in [0.5, 0.6) is 0 Å². The minimum atomic E-state index is 0.745. The van der Waals surface area contributed by atoms with E-state index >= 15 is 0 Å². The van der Waals surface area contributed by atoms with E-state index in [-0.39, 0.29) is 0 Å². The van der Waals surface area contributed by atoms with Gasteiger partial charge in [-0.1, -0.05) is 23.7 Å². The topological polar surface area (TPSA) is 38.9 Å². The number of nitrogens with two attached hydrogens (primary N) is 1. The number of halogens is 1. The number of benzene rings is 1. The van der Waals surface area contributed by atoms with Gasteiger partial charge in [0.15, 0.2) is 0 Å². The first-order valence-corrected chi connectivity index (χ1v) is 5.06. The molecule has 0 bridgehead atoms. The summed E-state index contributed by atoms with van der Waals surface area (Å²) >= 11 is 5.90. The quantitative estimate of drug-likeness (QED) is 0.842. The fraction of sp³-hybridized carbons (Fsp3) is 0.0833. The summed E-state index contributed by atoms with van der Waals surface area (Å²) in [5, 5.41) is 0.745. The highest BCUT2D eigenvalue weighted by Gasteiger charge is 2.00. The van der Waals surface area contributed by atoms with Gasteiger partial charge >= 0.3 is 0 Å². The maximum Gasteiger partial charge on any atom is 0.0408 e. The molecule has 0 amide bonds. The number of anilines is 1. The Morgan fingerprint density at radius 2 is 2.13 bits per heavy atom. The van der Waals surface area contributed by atoms with Crippen LogP contribution in [-0.2, 0) is 6.42 Å². The maximum absolute atomic E-state index is 5.90. The number of hydrogen-bond donors (Lipinski definition) is 1. The van der Waals surface area contributed by atoms with Gasteiger partial charge in [-0.2, -0.15) is 0 Å². The first-order valence-electron chi connectivity index (χ1n) is 4.68. The van der Waals surface area contributed by atoms with Crippen LogP contribution in [0.25, 0.3) is 0 Å². The van der Waals surface area contributed by atoms with Crippen molar-refractivity contribution in [2.45, 2.75) is 6.42 Å². The van der Waals surface area contributed by atoms with Crippen LogP contribution in [0.15, 0.2) is 42.7 Å². The molecule has 2 N–H and O–H groups in total. The lowest BCUT2D eigenvalue weighted by Gasteiger charge is -2.04. The molecule has 0 aliphatic rings. The van der Waals surface area contributed by atoms with Crippen molar-refractivity contribution in [1.82, 2.24) is 4.98 Å². The Morgan fingerprint density at radius 1 is 1.27 bits per heavy atom. The van der Waals surface area contributed by atoms with Crippen LogP contribution >= 0.6 is 11.6 Å². The average molecular weight is 219 g/mol. The van der Waals surface area contributed by atoms with E-state index in [0.717, 1.165) is 28.3 Å². The van der Waals surface area contributed by atoms with Crippen LogP contribution < -0.4 is 5.73 Å². The molecular weight excluding hydrogens is 208 g/mol. The highest BCUT2D eigenvalue weighted by atomic mass is 35.5. The Hall–Kier alpha value is -1.54. The monoisotopic (exact) mass is 218 g/mol. The minimum absolute atomic E-state index is 0.745. The van der Waals surface area contributed by atoms with Crippen LogP contribution in [0.2, 0.25) is 5.02 Å². The normalized spacial score (nSPS) is 10.2. The highest BCUT2D eigenvalue weighted by molar-refractivity contribution is 6.30. The van der Waals surface area contributed by atoms with Gasteiger partial charge < -0.3 is 5.73 Å². The van der Waals surface area contributed by atoms with Gasteiger partial charge in [0.25, 0.3) is 0 Å². The standard InChI is InChI=1S/C12H11ClN2/c13-11-3-1-2-9(7-11)6-10-8-15-5-4-12(10)14/h1-5,7-8H,6H2,(H2,14,15). The number of nitrogen functional groups attached to an aromatic ring is 1. The van der Waals surface area contributed by atoms with Gasteiger partial charge in [0, 0.05) is 29.5 Å². The Kier molecular flexibility index (Phi) is 2.88. The Balaban J connectivity index is 2.26. The number of rotatable bonds is 2. The molecule has 0 atom stereocenters. The van der Waals surface area contributed by atoms with Crippen LogP contribution in [0.3, 0.4) is 0 Å². The van der Waals surface area contributed by atoms with Crippen molar-refractivity contribution in [2.24, 2.45) is 0 Å². The van der Waals surface area contributed by atoms with E-state index in [9.17, 15) is 0 Å². The smallest absolute Gasteiger partial charge is 0.0408 e. The summed E-state index contributed by atoms with van der Waals surface area (Å²) in [5.41, 5.74) is 8.77. The second-order valence-electron chi connectivity index (χ2n) is 3.38. The van der Waals surface area contributed by atoms with E-state index in [1.54, 1.807) is 18.5 Å². The van der Waals surface area contributed by atoms with E-state index in [0.29, 0.717) is 0 Å². The number of aromatic nitrogens is 1. The van der Waals surface area contributed by atoms with Crippen molar-refractivity contribution in [3.63, 3.8) is 0 Å². The summed E-state index contributed by atoms with van der Waals surface area (Å²) < 4.78 is 0. The zero-order valence-electron chi connectivity index (χ0n) is 8.15. The summed E-state index contributed by atoms with van der Waals surface area (Å²) in [6.45, 7) is 0. The van der Waals surface area contributed by atoms with E-state index < -0.39 is 0 Å². The molecule has 2 nitrogen and oxygen atoms in total. The fourth-order valence-electron chi connectivity index (χ4n) is 1.45. The van der Waals surface area contributed by atoms with Crippen LogP contribution in [0, 0.1) is 0 Å². The zero-order chi connectivity index (χ0) is 10.7. The van der Waals surface area contributed by atoms with Crippen LogP contribution in [0.4, 0.5) is 5.69 Å². The summed E-state index contributed by atoms with van der Waals surface area (Å²) in [4.78, 5) is 4.05. The third kappa shape index (κ3) is 2.48. The van der Waals surface area contributed by atoms with Crippen molar-refractivity contribution in [3.8, 4) is 0 Å². The summed E-state index contributed by atoms with van der Waals surface area (Å²) in [7, 11) is 0. The molecule has 0 spiro atoms. The molecule has 2 rings (SSSR count). The van der Waals surface area contributed by atoms with Gasteiger partial charge in [-0.3, -0.25) is 4.98 Å². The molecule has 0 saturated carbocycles. The summed E-state index contributed by atoms with van der Waals surface area (Å²) in [6.07, 6.45) is 4.24. The Bertz CT molecular complexity index is 469. The van der Waals surface area contributed by atoms with Crippen molar-refractivity contribution >= 4 is 17.3 Å². The highest BCUT2D eigenvalue weighted by Crippen LogP contribution is 2.17. The SMILES string of the molecule is Nc1ccncc1Cc1cccc(Cl)c1. The second kappa shape index (κ2) is 4.32. The average Bonchev–Trinajstić information content (AvgIpc) is 2.22. The molecule has 1 aromatic carbocycles. The van der Waals surface area contributed by atoms with E-state index in [1.165, 1.54) is 0 Å². The number of pyridine rings is 1. The molecule has 3 heteroatoms. The van der Waals surface area contributed by atoms with E-state index in [4.69, 9.17) is 17.3 Å². The second-order valence-corrected chi connectivity index (χ2v) is 3.82. The molecular formula is C12H11ClN2. The lowest BCUT2D eigenvalue weighted by atomic mass is 10.1. The Morgan fingerprint density at radius 3 is 2.87 bits per heavy atom. The van der Waals surface area contributed by atoms with E-state index in [1.807, 2.05) is 24.3 Å². The fourth-order valence-corrected chi connectivity index (χ4v) is 1.67. The molecule has 0 aliphatic heterocycles. The molecule has 1 aromatic heterocycles. The largest absolute Gasteiger partial charge is 0.398 e. The molecule has 76 valence electrons. The van der Waals surface area contributed by atoms with Crippen molar-refractivity contribution in [2.75, 3.05) is 5.73 Å². The zero-order valence-corrected chi connectivity index (χ0v) is 8.91. The van der Waals surface area contributed by atoms with Crippen LogP contribution in [0.1, 0.15) is 11.1 Å². The first kappa shape index (κ1) is 9.99. The molecule has 0 fully saturated rings. The number of hydrogen-bond acceptors (Lipinski definition) is 2.